The van der Waals surface area contributed by atoms with Crippen LogP contribution in [0.25, 0.3) is 11.4 Å². The molecule has 1 N–H and O–H groups in total. The lowest BCUT2D eigenvalue weighted by atomic mass is 10.1. The van der Waals surface area contributed by atoms with Gasteiger partial charge in [0.15, 0.2) is 5.82 Å². The maximum atomic E-state index is 4.72. The first kappa shape index (κ1) is 13.1. The maximum Gasteiger partial charge on any atom is 0.160 e. The van der Waals surface area contributed by atoms with E-state index in [9.17, 15) is 0 Å². The summed E-state index contributed by atoms with van der Waals surface area (Å²) in [6, 6.07) is 3.90. The van der Waals surface area contributed by atoms with E-state index in [1.54, 1.807) is 18.7 Å². The summed E-state index contributed by atoms with van der Waals surface area (Å²) < 4.78 is 0. The number of aromatic nitrogens is 5. The van der Waals surface area contributed by atoms with Crippen LogP contribution in [0.4, 0.5) is 0 Å². The number of aromatic amines is 1. The molecule has 0 radical (unpaired) electrons. The van der Waals surface area contributed by atoms with Gasteiger partial charge in [0.05, 0.1) is 12.0 Å². The summed E-state index contributed by atoms with van der Waals surface area (Å²) in [5, 5.41) is 0. The lowest BCUT2D eigenvalue weighted by Crippen LogP contribution is -2.31. The summed E-state index contributed by atoms with van der Waals surface area (Å²) in [4.78, 5) is 22.9. The normalized spacial score (nSPS) is 14.7. The molecule has 0 amide bonds. The van der Waals surface area contributed by atoms with E-state index in [1.165, 1.54) is 5.56 Å². The summed E-state index contributed by atoms with van der Waals surface area (Å²) in [7, 11) is 0. The van der Waals surface area contributed by atoms with Gasteiger partial charge in [-0.15, -0.1) is 0 Å². The third kappa shape index (κ3) is 2.60. The van der Waals surface area contributed by atoms with Gasteiger partial charge in [-0.2, -0.15) is 0 Å². The summed E-state index contributed by atoms with van der Waals surface area (Å²) in [5.74, 6) is 0.758. The molecule has 0 saturated heterocycles. The van der Waals surface area contributed by atoms with Crippen molar-refractivity contribution in [1.82, 2.24) is 29.8 Å². The van der Waals surface area contributed by atoms with Crippen molar-refractivity contribution >= 4 is 0 Å². The molecule has 3 aromatic heterocycles. The summed E-state index contributed by atoms with van der Waals surface area (Å²) in [5.41, 5.74) is 4.45. The predicted molar refractivity (Wildman–Crippen MR) is 81.7 cm³/mol. The van der Waals surface area contributed by atoms with Crippen molar-refractivity contribution in [3.05, 3.63) is 60.2 Å². The molecule has 22 heavy (non-hydrogen) atoms. The molecule has 110 valence electrons. The molecule has 1 aliphatic heterocycles. The van der Waals surface area contributed by atoms with E-state index in [4.69, 9.17) is 4.98 Å². The number of nitrogens with zero attached hydrogens (tertiary/aromatic N) is 5. The van der Waals surface area contributed by atoms with E-state index in [0.29, 0.717) is 0 Å². The van der Waals surface area contributed by atoms with Crippen LogP contribution in [0.2, 0.25) is 0 Å². The van der Waals surface area contributed by atoms with Gasteiger partial charge >= 0.3 is 0 Å². The fourth-order valence-electron chi connectivity index (χ4n) is 2.76. The Bertz CT molecular complexity index is 754. The largest absolute Gasteiger partial charge is 0.347 e. The smallest absolute Gasteiger partial charge is 0.160 e. The lowest BCUT2D eigenvalue weighted by Gasteiger charge is -2.27. The Morgan fingerprint density at radius 2 is 2.18 bits per heavy atom. The maximum absolute atomic E-state index is 4.72. The fourth-order valence-corrected chi connectivity index (χ4v) is 2.76. The minimum absolute atomic E-state index is 0.758. The van der Waals surface area contributed by atoms with Crippen LogP contribution in [0.3, 0.4) is 0 Å². The molecule has 0 bridgehead atoms. The highest BCUT2D eigenvalue weighted by atomic mass is 15.1. The number of nitrogens with one attached hydrogen (secondary N) is 1. The van der Waals surface area contributed by atoms with Crippen molar-refractivity contribution < 1.29 is 0 Å². The van der Waals surface area contributed by atoms with Gasteiger partial charge < -0.3 is 4.98 Å². The van der Waals surface area contributed by atoms with Gasteiger partial charge in [0.2, 0.25) is 0 Å². The van der Waals surface area contributed by atoms with E-state index in [-0.39, 0.29) is 0 Å². The molecular formula is C16H16N6. The van der Waals surface area contributed by atoms with Crippen LogP contribution >= 0.6 is 0 Å². The van der Waals surface area contributed by atoms with Crippen LogP contribution in [0.5, 0.6) is 0 Å². The molecule has 0 aromatic carbocycles. The Morgan fingerprint density at radius 1 is 1.18 bits per heavy atom. The van der Waals surface area contributed by atoms with E-state index in [2.05, 4.69) is 24.8 Å². The van der Waals surface area contributed by atoms with Gasteiger partial charge in [0.25, 0.3) is 0 Å². The zero-order chi connectivity index (χ0) is 14.8. The van der Waals surface area contributed by atoms with Gasteiger partial charge in [-0.25, -0.2) is 15.0 Å². The first-order valence-electron chi connectivity index (χ1n) is 7.33. The molecular weight excluding hydrogens is 276 g/mol. The standard InChI is InChI=1S/C16H16N6/c1-2-12(6-17-4-1)16-19-7-13-9-22(5-3-15(13)21-16)10-14-8-18-11-20-14/h1-2,4,6-8,11H,3,5,9-10H2,(H,18,20). The Hall–Kier alpha value is -2.60. The summed E-state index contributed by atoms with van der Waals surface area (Å²) in [6.45, 7) is 2.75. The molecule has 6 nitrogen and oxygen atoms in total. The Kier molecular flexibility index (Phi) is 3.36. The van der Waals surface area contributed by atoms with Gasteiger partial charge in [0.1, 0.15) is 0 Å². The monoisotopic (exact) mass is 292 g/mol. The number of pyridine rings is 1. The van der Waals surface area contributed by atoms with Crippen molar-refractivity contribution in [2.45, 2.75) is 19.5 Å². The molecule has 0 saturated carbocycles. The molecule has 4 rings (SSSR count). The van der Waals surface area contributed by atoms with E-state index in [1.807, 2.05) is 24.5 Å². The van der Waals surface area contributed by atoms with Crippen molar-refractivity contribution in [2.24, 2.45) is 0 Å². The Balaban J connectivity index is 1.54. The number of fused-ring (bicyclic) bond motifs is 1. The highest BCUT2D eigenvalue weighted by molar-refractivity contribution is 5.53. The average Bonchev–Trinajstić information content (AvgIpc) is 3.08. The van der Waals surface area contributed by atoms with E-state index in [0.717, 1.165) is 48.8 Å². The minimum atomic E-state index is 0.758. The number of rotatable bonds is 3. The van der Waals surface area contributed by atoms with Crippen molar-refractivity contribution in [3.8, 4) is 11.4 Å². The van der Waals surface area contributed by atoms with E-state index < -0.39 is 0 Å². The highest BCUT2D eigenvalue weighted by Gasteiger charge is 2.19. The Morgan fingerprint density at radius 3 is 3.00 bits per heavy atom. The van der Waals surface area contributed by atoms with Gasteiger partial charge in [-0.3, -0.25) is 9.88 Å². The second kappa shape index (κ2) is 5.65. The van der Waals surface area contributed by atoms with Crippen LogP contribution in [0, 0.1) is 0 Å². The topological polar surface area (TPSA) is 70.6 Å². The minimum Gasteiger partial charge on any atom is -0.347 e. The third-order valence-electron chi connectivity index (χ3n) is 3.88. The summed E-state index contributed by atoms with van der Waals surface area (Å²) >= 11 is 0. The van der Waals surface area contributed by atoms with Gasteiger partial charge in [0, 0.05) is 67.7 Å². The molecule has 0 atom stereocenters. The van der Waals surface area contributed by atoms with Gasteiger partial charge in [-0.1, -0.05) is 0 Å². The number of imidazole rings is 1. The second-order valence-electron chi connectivity index (χ2n) is 5.44. The van der Waals surface area contributed by atoms with Crippen LogP contribution in [0.15, 0.2) is 43.2 Å². The van der Waals surface area contributed by atoms with Crippen LogP contribution in [-0.4, -0.2) is 36.4 Å². The Labute approximate surface area is 128 Å². The van der Waals surface area contributed by atoms with Crippen LogP contribution in [0.1, 0.15) is 17.0 Å². The fraction of sp³-hybridized carbons (Fsp3) is 0.250. The number of H-pyrrole nitrogens is 1. The first-order valence-corrected chi connectivity index (χ1v) is 7.33. The quantitative estimate of drug-likeness (QED) is 0.797. The molecule has 1 aliphatic rings. The zero-order valence-corrected chi connectivity index (χ0v) is 12.1. The average molecular weight is 292 g/mol. The van der Waals surface area contributed by atoms with Crippen LogP contribution in [-0.2, 0) is 19.5 Å². The van der Waals surface area contributed by atoms with Crippen molar-refractivity contribution in [3.63, 3.8) is 0 Å². The molecule has 3 aromatic rings. The first-order chi connectivity index (χ1) is 10.9. The highest BCUT2D eigenvalue weighted by Crippen LogP contribution is 2.21. The molecule has 6 heteroatoms. The molecule has 0 fully saturated rings. The summed E-state index contributed by atoms with van der Waals surface area (Å²) in [6.07, 6.45) is 10.0. The second-order valence-corrected chi connectivity index (χ2v) is 5.44. The molecule has 0 aliphatic carbocycles. The molecule has 0 spiro atoms. The lowest BCUT2D eigenvalue weighted by molar-refractivity contribution is 0.240. The third-order valence-corrected chi connectivity index (χ3v) is 3.88. The van der Waals surface area contributed by atoms with Gasteiger partial charge in [-0.05, 0) is 12.1 Å². The number of hydrogen-bond acceptors (Lipinski definition) is 5. The predicted octanol–water partition coefficient (Wildman–Crippen LogP) is 1.82. The van der Waals surface area contributed by atoms with Crippen LogP contribution < -0.4 is 0 Å². The zero-order valence-electron chi connectivity index (χ0n) is 12.1. The van der Waals surface area contributed by atoms with Crippen molar-refractivity contribution in [1.29, 1.82) is 0 Å². The van der Waals surface area contributed by atoms with Crippen molar-refractivity contribution in [2.75, 3.05) is 6.54 Å². The SMILES string of the molecule is c1cncc(-c2ncc3c(n2)CCN(Cc2cnc[nH]2)C3)c1. The molecule has 0 unspecified atom stereocenters. The molecule has 4 heterocycles. The number of hydrogen-bond donors (Lipinski definition) is 1. The van der Waals surface area contributed by atoms with E-state index >= 15 is 0 Å².